The Morgan fingerprint density at radius 2 is 2.11 bits per heavy atom. The number of halogens is 1. The molecule has 1 unspecified atom stereocenters. The monoisotopic (exact) mass is 369 g/mol. The zero-order valence-electron chi connectivity index (χ0n) is 14.7. The second-order valence-corrected chi connectivity index (χ2v) is 5.94. The van der Waals surface area contributed by atoms with Crippen LogP contribution in [0.4, 0.5) is 9.18 Å². The smallest absolute Gasteiger partial charge is 0.339 e. The van der Waals surface area contributed by atoms with Gasteiger partial charge in [-0.3, -0.25) is 15.5 Å². The van der Waals surface area contributed by atoms with Crippen LogP contribution in [0.15, 0.2) is 60.7 Å². The van der Waals surface area contributed by atoms with Crippen molar-refractivity contribution in [3.63, 3.8) is 0 Å². The van der Waals surface area contributed by atoms with Gasteiger partial charge in [-0.1, -0.05) is 42.5 Å². The van der Waals surface area contributed by atoms with Gasteiger partial charge in [0.15, 0.2) is 0 Å². The van der Waals surface area contributed by atoms with Crippen LogP contribution in [0.25, 0.3) is 11.8 Å². The molecule has 1 atom stereocenters. The Balaban J connectivity index is 1.69. The lowest BCUT2D eigenvalue weighted by Gasteiger charge is -2.11. The second-order valence-electron chi connectivity index (χ2n) is 5.94. The minimum absolute atomic E-state index is 0.0700. The molecule has 1 aliphatic heterocycles. The molecule has 27 heavy (non-hydrogen) atoms. The summed E-state index contributed by atoms with van der Waals surface area (Å²) in [5.41, 5.74) is 6.40. The van der Waals surface area contributed by atoms with Gasteiger partial charge in [-0.25, -0.2) is 14.2 Å². The molecule has 0 aromatic heterocycles. The first kappa shape index (κ1) is 18.6. The molecule has 140 valence electrons. The van der Waals surface area contributed by atoms with E-state index < -0.39 is 6.03 Å². The van der Waals surface area contributed by atoms with Crippen LogP contribution in [-0.4, -0.2) is 29.9 Å². The first-order valence-corrected chi connectivity index (χ1v) is 8.41. The normalized spacial score (nSPS) is 16.1. The molecule has 0 aliphatic carbocycles. The van der Waals surface area contributed by atoms with Crippen LogP contribution in [0.1, 0.15) is 22.8 Å². The number of hydrogen-bond acceptors (Lipinski definition) is 4. The number of benzene rings is 2. The summed E-state index contributed by atoms with van der Waals surface area (Å²) in [5.74, 6) is -0.286. The van der Waals surface area contributed by atoms with Crippen LogP contribution in [0.5, 0.6) is 0 Å². The predicted molar refractivity (Wildman–Crippen MR) is 99.8 cm³/mol. The maximum absolute atomic E-state index is 13.1. The molecule has 2 aromatic carbocycles. The van der Waals surface area contributed by atoms with Crippen LogP contribution in [0.2, 0.25) is 0 Å². The molecule has 0 saturated carbocycles. The first-order chi connectivity index (χ1) is 13.1. The first-order valence-electron chi connectivity index (χ1n) is 8.41. The van der Waals surface area contributed by atoms with Gasteiger partial charge in [-0.15, -0.1) is 0 Å². The van der Waals surface area contributed by atoms with E-state index >= 15 is 0 Å². The highest BCUT2D eigenvalue weighted by atomic mass is 19.1. The van der Waals surface area contributed by atoms with Crippen LogP contribution in [0, 0.1) is 5.82 Å². The lowest BCUT2D eigenvalue weighted by molar-refractivity contribution is -0.0318. The van der Waals surface area contributed by atoms with Crippen molar-refractivity contribution >= 4 is 17.8 Å². The maximum atomic E-state index is 13.1. The zero-order valence-corrected chi connectivity index (χ0v) is 14.7. The Bertz CT molecular complexity index is 865. The molecule has 1 aliphatic rings. The summed E-state index contributed by atoms with van der Waals surface area (Å²) in [7, 11) is 1.45. The second kappa shape index (κ2) is 8.48. The highest BCUT2D eigenvalue weighted by molar-refractivity contribution is 5.73. The third-order valence-electron chi connectivity index (χ3n) is 4.05. The minimum Gasteiger partial charge on any atom is -0.339 e. The molecule has 7 heteroatoms. The van der Waals surface area contributed by atoms with Gasteiger partial charge in [0.25, 0.3) is 0 Å². The highest BCUT2D eigenvalue weighted by Crippen LogP contribution is 2.29. The number of carbonyl (C=O) groups excluding carboxylic acids is 1. The number of carbonyl (C=O) groups is 1. The number of rotatable bonds is 5. The van der Waals surface area contributed by atoms with E-state index in [1.54, 1.807) is 18.2 Å². The quantitative estimate of drug-likeness (QED) is 0.557. The molecule has 0 bridgehead atoms. The average molecular weight is 369 g/mol. The Hall–Kier alpha value is -3.16. The summed E-state index contributed by atoms with van der Waals surface area (Å²) in [6.45, 7) is 0.0700. The summed E-state index contributed by atoms with van der Waals surface area (Å²) < 4.78 is 13.1. The van der Waals surface area contributed by atoms with E-state index in [2.05, 4.69) is 10.8 Å². The van der Waals surface area contributed by atoms with Crippen LogP contribution >= 0.6 is 0 Å². The van der Waals surface area contributed by atoms with Crippen molar-refractivity contribution in [1.29, 1.82) is 0 Å². The van der Waals surface area contributed by atoms with Crippen molar-refractivity contribution in [2.75, 3.05) is 13.6 Å². The fourth-order valence-electron chi connectivity index (χ4n) is 2.63. The maximum Gasteiger partial charge on any atom is 0.341 e. The van der Waals surface area contributed by atoms with E-state index in [4.69, 9.17) is 4.84 Å². The number of urea groups is 1. The minimum atomic E-state index is -0.572. The SMILES string of the molecule is CNC(=O)N(O)CC=Cc1cccc(C2=CC(c3ccc(F)cc3)ON2)c1. The molecule has 1 heterocycles. The molecular weight excluding hydrogens is 349 g/mol. The Labute approximate surface area is 156 Å². The predicted octanol–water partition coefficient (Wildman–Crippen LogP) is 3.49. The van der Waals surface area contributed by atoms with Crippen LogP contribution in [-0.2, 0) is 4.84 Å². The Morgan fingerprint density at radius 3 is 2.85 bits per heavy atom. The van der Waals surface area contributed by atoms with Gasteiger partial charge in [0.05, 0.1) is 12.2 Å². The molecule has 2 amide bonds. The highest BCUT2D eigenvalue weighted by Gasteiger charge is 2.19. The molecule has 0 spiro atoms. The van der Waals surface area contributed by atoms with E-state index in [0.717, 1.165) is 22.4 Å². The Kier molecular flexibility index (Phi) is 5.85. The van der Waals surface area contributed by atoms with E-state index in [9.17, 15) is 14.4 Å². The average Bonchev–Trinajstić information content (AvgIpc) is 3.18. The fraction of sp³-hybridized carbons (Fsp3) is 0.150. The molecule has 2 aromatic rings. The molecule has 0 fully saturated rings. The van der Waals surface area contributed by atoms with E-state index in [1.807, 2.05) is 36.4 Å². The Morgan fingerprint density at radius 1 is 1.33 bits per heavy atom. The summed E-state index contributed by atoms with van der Waals surface area (Å²) in [6.07, 6.45) is 5.12. The molecule has 6 nitrogen and oxygen atoms in total. The summed E-state index contributed by atoms with van der Waals surface area (Å²) >= 11 is 0. The van der Waals surface area contributed by atoms with Crippen LogP contribution < -0.4 is 10.8 Å². The van der Waals surface area contributed by atoms with Crippen molar-refractivity contribution in [1.82, 2.24) is 15.9 Å². The molecule has 3 rings (SSSR count). The zero-order chi connectivity index (χ0) is 19.2. The van der Waals surface area contributed by atoms with Gasteiger partial charge >= 0.3 is 6.03 Å². The number of nitrogens with one attached hydrogen (secondary N) is 2. The van der Waals surface area contributed by atoms with Gasteiger partial charge in [-0.2, -0.15) is 0 Å². The lowest BCUT2D eigenvalue weighted by Crippen LogP contribution is -2.35. The standard InChI is InChI=1S/C20H20FN3O3/c1-22-20(25)24(26)11-3-5-14-4-2-6-16(12-14)18-13-19(27-23-18)15-7-9-17(21)10-8-15/h2-10,12-13,19,23,26H,11H2,1H3,(H,22,25). The summed E-state index contributed by atoms with van der Waals surface area (Å²) in [6, 6.07) is 13.3. The topological polar surface area (TPSA) is 73.8 Å². The van der Waals surface area contributed by atoms with Crippen molar-refractivity contribution in [2.24, 2.45) is 0 Å². The number of hydrogen-bond donors (Lipinski definition) is 3. The number of nitrogens with zero attached hydrogens (tertiary/aromatic N) is 1. The lowest BCUT2D eigenvalue weighted by atomic mass is 10.0. The van der Waals surface area contributed by atoms with E-state index in [-0.39, 0.29) is 18.5 Å². The van der Waals surface area contributed by atoms with Crippen molar-refractivity contribution < 1.29 is 19.2 Å². The van der Waals surface area contributed by atoms with Crippen LogP contribution in [0.3, 0.4) is 0 Å². The van der Waals surface area contributed by atoms with E-state index in [1.165, 1.54) is 19.2 Å². The van der Waals surface area contributed by atoms with Crippen molar-refractivity contribution in [3.05, 3.63) is 83.2 Å². The van der Waals surface area contributed by atoms with Crippen molar-refractivity contribution in [2.45, 2.75) is 6.10 Å². The van der Waals surface area contributed by atoms with Gasteiger partial charge in [0, 0.05) is 12.6 Å². The third kappa shape index (κ3) is 4.72. The fourth-order valence-corrected chi connectivity index (χ4v) is 2.63. The van der Waals surface area contributed by atoms with Gasteiger partial charge < -0.3 is 5.32 Å². The number of amides is 2. The van der Waals surface area contributed by atoms with E-state index in [0.29, 0.717) is 5.06 Å². The van der Waals surface area contributed by atoms with Gasteiger partial charge in [0.2, 0.25) is 0 Å². The number of hydroxylamine groups is 3. The summed E-state index contributed by atoms with van der Waals surface area (Å²) in [5, 5.41) is 12.4. The van der Waals surface area contributed by atoms with Gasteiger partial charge in [0.1, 0.15) is 11.9 Å². The third-order valence-corrected chi connectivity index (χ3v) is 4.05. The molecular formula is C20H20FN3O3. The molecule has 3 N–H and O–H groups in total. The van der Waals surface area contributed by atoms with Crippen molar-refractivity contribution in [3.8, 4) is 0 Å². The molecule has 0 saturated heterocycles. The molecule has 0 radical (unpaired) electrons. The van der Waals surface area contributed by atoms with Gasteiger partial charge in [-0.05, 0) is 35.4 Å². The largest absolute Gasteiger partial charge is 0.341 e. The summed E-state index contributed by atoms with van der Waals surface area (Å²) in [4.78, 5) is 16.8.